The van der Waals surface area contributed by atoms with Crippen LogP contribution in [0.15, 0.2) is 53.4 Å². The summed E-state index contributed by atoms with van der Waals surface area (Å²) in [7, 11) is -3.69. The van der Waals surface area contributed by atoms with E-state index in [4.69, 9.17) is 4.74 Å². The third-order valence-corrected chi connectivity index (χ3v) is 4.34. The predicted molar refractivity (Wildman–Crippen MR) is 84.4 cm³/mol. The highest BCUT2D eigenvalue weighted by Gasteiger charge is 2.15. The van der Waals surface area contributed by atoms with Crippen LogP contribution in [0.5, 0.6) is 0 Å². The van der Waals surface area contributed by atoms with Gasteiger partial charge in [-0.3, -0.25) is 4.72 Å². The lowest BCUT2D eigenvalue weighted by molar-refractivity contribution is 0.0526. The molecule has 116 valence electrons. The van der Waals surface area contributed by atoms with Gasteiger partial charge in [-0.1, -0.05) is 12.1 Å². The van der Waals surface area contributed by atoms with Gasteiger partial charge in [-0.2, -0.15) is 0 Å². The van der Waals surface area contributed by atoms with Gasteiger partial charge in [-0.25, -0.2) is 13.2 Å². The van der Waals surface area contributed by atoms with E-state index in [-0.39, 0.29) is 11.5 Å². The second-order valence-corrected chi connectivity index (χ2v) is 6.40. The fraction of sp³-hybridized carbons (Fsp3) is 0.188. The molecule has 0 heterocycles. The number of anilines is 1. The molecule has 0 aromatic heterocycles. The Kier molecular flexibility index (Phi) is 4.82. The highest BCUT2D eigenvalue weighted by atomic mass is 32.2. The Morgan fingerprint density at radius 3 is 2.41 bits per heavy atom. The SMILES string of the molecule is CCOC(=O)c1ccc(S(=O)(=O)Nc2cccc(C)c2)cc1. The number of aryl methyl sites for hydroxylation is 1. The maximum Gasteiger partial charge on any atom is 0.338 e. The smallest absolute Gasteiger partial charge is 0.338 e. The van der Waals surface area contributed by atoms with Crippen molar-refractivity contribution in [1.29, 1.82) is 0 Å². The maximum atomic E-state index is 12.3. The van der Waals surface area contributed by atoms with Gasteiger partial charge in [0.1, 0.15) is 0 Å². The van der Waals surface area contributed by atoms with E-state index in [0.717, 1.165) is 5.56 Å². The number of carbonyl (C=O) groups excluding carboxylic acids is 1. The Hall–Kier alpha value is -2.34. The third kappa shape index (κ3) is 3.85. The van der Waals surface area contributed by atoms with E-state index in [1.165, 1.54) is 24.3 Å². The lowest BCUT2D eigenvalue weighted by atomic mass is 10.2. The number of benzene rings is 2. The largest absolute Gasteiger partial charge is 0.462 e. The van der Waals surface area contributed by atoms with Crippen LogP contribution in [0.4, 0.5) is 5.69 Å². The van der Waals surface area contributed by atoms with E-state index in [1.54, 1.807) is 25.1 Å². The van der Waals surface area contributed by atoms with Crippen LogP contribution in [0, 0.1) is 6.92 Å². The number of rotatable bonds is 5. The van der Waals surface area contributed by atoms with Crippen LogP contribution in [-0.2, 0) is 14.8 Å². The van der Waals surface area contributed by atoms with E-state index in [0.29, 0.717) is 11.3 Å². The molecule has 2 aromatic carbocycles. The average molecular weight is 319 g/mol. The maximum absolute atomic E-state index is 12.3. The molecule has 0 unspecified atom stereocenters. The monoisotopic (exact) mass is 319 g/mol. The molecule has 0 radical (unpaired) electrons. The minimum absolute atomic E-state index is 0.0852. The summed E-state index contributed by atoms with van der Waals surface area (Å²) >= 11 is 0. The van der Waals surface area contributed by atoms with Crippen molar-refractivity contribution in [2.75, 3.05) is 11.3 Å². The van der Waals surface area contributed by atoms with E-state index in [9.17, 15) is 13.2 Å². The zero-order valence-corrected chi connectivity index (χ0v) is 13.2. The van der Waals surface area contributed by atoms with E-state index in [2.05, 4.69) is 4.72 Å². The van der Waals surface area contributed by atoms with Gasteiger partial charge in [0.2, 0.25) is 0 Å². The zero-order valence-electron chi connectivity index (χ0n) is 12.4. The van der Waals surface area contributed by atoms with Crippen molar-refractivity contribution in [2.45, 2.75) is 18.7 Å². The molecule has 0 aliphatic carbocycles. The van der Waals surface area contributed by atoms with Crippen molar-refractivity contribution in [3.05, 3.63) is 59.7 Å². The van der Waals surface area contributed by atoms with Gasteiger partial charge in [-0.05, 0) is 55.8 Å². The second kappa shape index (κ2) is 6.62. The molecular formula is C16H17NO4S. The van der Waals surface area contributed by atoms with Crippen LogP contribution in [0.1, 0.15) is 22.8 Å². The van der Waals surface area contributed by atoms with Crippen LogP contribution in [0.3, 0.4) is 0 Å². The summed E-state index contributed by atoms with van der Waals surface area (Å²) in [4.78, 5) is 11.6. The summed E-state index contributed by atoms with van der Waals surface area (Å²) in [6.45, 7) is 3.86. The Bertz CT molecular complexity index is 767. The number of carbonyl (C=O) groups is 1. The number of hydrogen-bond donors (Lipinski definition) is 1. The first-order valence-electron chi connectivity index (χ1n) is 6.79. The normalized spacial score (nSPS) is 11.0. The highest BCUT2D eigenvalue weighted by molar-refractivity contribution is 7.92. The van der Waals surface area contributed by atoms with Gasteiger partial charge >= 0.3 is 5.97 Å². The van der Waals surface area contributed by atoms with Gasteiger partial charge in [0.25, 0.3) is 10.0 Å². The number of nitrogens with one attached hydrogen (secondary N) is 1. The summed E-state index contributed by atoms with van der Waals surface area (Å²) < 4.78 is 31.9. The Labute approximate surface area is 130 Å². The van der Waals surface area contributed by atoms with Crippen LogP contribution in [-0.4, -0.2) is 21.0 Å². The number of esters is 1. The molecular weight excluding hydrogens is 302 g/mol. The van der Waals surface area contributed by atoms with Crippen LogP contribution >= 0.6 is 0 Å². The lowest BCUT2D eigenvalue weighted by Crippen LogP contribution is -2.13. The fourth-order valence-electron chi connectivity index (χ4n) is 1.91. The molecule has 22 heavy (non-hydrogen) atoms. The predicted octanol–water partition coefficient (Wildman–Crippen LogP) is 2.97. The van der Waals surface area contributed by atoms with Crippen molar-refractivity contribution >= 4 is 21.7 Å². The van der Waals surface area contributed by atoms with E-state index >= 15 is 0 Å². The van der Waals surface area contributed by atoms with Gasteiger partial charge < -0.3 is 4.74 Å². The quantitative estimate of drug-likeness (QED) is 0.860. The summed E-state index contributed by atoms with van der Waals surface area (Å²) in [5, 5.41) is 0. The van der Waals surface area contributed by atoms with E-state index in [1.807, 2.05) is 13.0 Å². The molecule has 0 atom stereocenters. The molecule has 0 bridgehead atoms. The molecule has 0 spiro atoms. The molecule has 6 heteroatoms. The van der Waals surface area contributed by atoms with Gasteiger partial charge in [0, 0.05) is 5.69 Å². The van der Waals surface area contributed by atoms with Crippen molar-refractivity contribution in [1.82, 2.24) is 0 Å². The molecule has 0 amide bonds. The number of sulfonamides is 1. The number of hydrogen-bond acceptors (Lipinski definition) is 4. The number of ether oxygens (including phenoxy) is 1. The van der Waals surface area contributed by atoms with Crippen molar-refractivity contribution in [3.8, 4) is 0 Å². The first-order chi connectivity index (χ1) is 10.4. The molecule has 5 nitrogen and oxygen atoms in total. The van der Waals surface area contributed by atoms with Crippen LogP contribution < -0.4 is 4.72 Å². The summed E-state index contributed by atoms with van der Waals surface area (Å²) in [6.07, 6.45) is 0. The van der Waals surface area contributed by atoms with Crippen molar-refractivity contribution in [3.63, 3.8) is 0 Å². The summed E-state index contributed by atoms with van der Waals surface area (Å²) in [6, 6.07) is 12.7. The molecule has 0 aliphatic rings. The Morgan fingerprint density at radius 2 is 1.82 bits per heavy atom. The van der Waals surface area contributed by atoms with E-state index < -0.39 is 16.0 Å². The lowest BCUT2D eigenvalue weighted by Gasteiger charge is -2.09. The Morgan fingerprint density at radius 1 is 1.14 bits per heavy atom. The van der Waals surface area contributed by atoms with Gasteiger partial charge in [-0.15, -0.1) is 0 Å². The van der Waals surface area contributed by atoms with Crippen LogP contribution in [0.25, 0.3) is 0 Å². The molecule has 1 N–H and O–H groups in total. The van der Waals surface area contributed by atoms with Gasteiger partial charge in [0.05, 0.1) is 17.1 Å². The fourth-order valence-corrected chi connectivity index (χ4v) is 2.96. The molecule has 0 aliphatic heterocycles. The molecule has 2 aromatic rings. The highest BCUT2D eigenvalue weighted by Crippen LogP contribution is 2.17. The molecule has 0 fully saturated rings. The first-order valence-corrected chi connectivity index (χ1v) is 8.27. The first kappa shape index (κ1) is 16.0. The second-order valence-electron chi connectivity index (χ2n) is 4.72. The van der Waals surface area contributed by atoms with Crippen LogP contribution in [0.2, 0.25) is 0 Å². The minimum Gasteiger partial charge on any atom is -0.462 e. The molecule has 0 saturated heterocycles. The topological polar surface area (TPSA) is 72.5 Å². The molecule has 0 saturated carbocycles. The van der Waals surface area contributed by atoms with Gasteiger partial charge in [0.15, 0.2) is 0 Å². The van der Waals surface area contributed by atoms with Crippen molar-refractivity contribution < 1.29 is 17.9 Å². The minimum atomic E-state index is -3.69. The summed E-state index contributed by atoms with van der Waals surface area (Å²) in [5.74, 6) is -0.474. The standard InChI is InChI=1S/C16H17NO4S/c1-3-21-16(18)13-7-9-15(10-8-13)22(19,20)17-14-6-4-5-12(2)11-14/h4-11,17H,3H2,1-2H3. The Balaban J connectivity index is 2.21. The third-order valence-electron chi connectivity index (χ3n) is 2.95. The summed E-state index contributed by atoms with van der Waals surface area (Å²) in [5.41, 5.74) is 1.77. The van der Waals surface area contributed by atoms with Crippen molar-refractivity contribution in [2.24, 2.45) is 0 Å². The molecule has 2 rings (SSSR count). The zero-order chi connectivity index (χ0) is 16.2. The average Bonchev–Trinajstić information content (AvgIpc) is 2.47.